The van der Waals surface area contributed by atoms with Crippen LogP contribution in [0.4, 0.5) is 0 Å². The van der Waals surface area contributed by atoms with Crippen LogP contribution >= 0.6 is 0 Å². The van der Waals surface area contributed by atoms with Crippen LogP contribution in [-0.2, 0) is 19.1 Å². The van der Waals surface area contributed by atoms with E-state index in [0.717, 1.165) is 0 Å². The van der Waals surface area contributed by atoms with Crippen LogP contribution in [0.5, 0.6) is 11.5 Å². The standard InChI is InChI=1S/C15H16O6/c1-5-14(20-10(3)17)13-7-6-12(19-9(2)16)8-15(13)21-11(4)18/h5-8,14H,1H2,2-4H3/t14-/m0/s1. The Morgan fingerprint density at radius 3 is 2.14 bits per heavy atom. The van der Waals surface area contributed by atoms with Crippen molar-refractivity contribution in [3.05, 3.63) is 36.4 Å². The van der Waals surface area contributed by atoms with Crippen molar-refractivity contribution in [3.63, 3.8) is 0 Å². The molecule has 6 nitrogen and oxygen atoms in total. The Morgan fingerprint density at radius 2 is 1.67 bits per heavy atom. The van der Waals surface area contributed by atoms with Crippen LogP contribution in [0, 0.1) is 0 Å². The summed E-state index contributed by atoms with van der Waals surface area (Å²) < 4.78 is 15.1. The molecule has 0 N–H and O–H groups in total. The fourth-order valence-electron chi connectivity index (χ4n) is 1.64. The molecule has 0 spiro atoms. The van der Waals surface area contributed by atoms with Gasteiger partial charge in [-0.15, -0.1) is 0 Å². The summed E-state index contributed by atoms with van der Waals surface area (Å²) in [5, 5.41) is 0. The Kier molecular flexibility index (Phi) is 5.66. The first-order valence-electron chi connectivity index (χ1n) is 6.14. The SMILES string of the molecule is C=C[C@H](OC(C)=O)c1ccc(OC(C)=O)cc1OC(C)=O. The third-order valence-corrected chi connectivity index (χ3v) is 2.31. The fourth-order valence-corrected chi connectivity index (χ4v) is 1.64. The van der Waals surface area contributed by atoms with Gasteiger partial charge in [-0.2, -0.15) is 0 Å². The molecule has 0 aliphatic heterocycles. The van der Waals surface area contributed by atoms with Crippen molar-refractivity contribution in [2.24, 2.45) is 0 Å². The smallest absolute Gasteiger partial charge is 0.308 e. The lowest BCUT2D eigenvalue weighted by atomic mass is 10.1. The van der Waals surface area contributed by atoms with Gasteiger partial charge in [0.05, 0.1) is 0 Å². The minimum atomic E-state index is -0.775. The third-order valence-electron chi connectivity index (χ3n) is 2.31. The average molecular weight is 292 g/mol. The average Bonchev–Trinajstić information content (AvgIpc) is 2.35. The molecule has 112 valence electrons. The number of hydrogen-bond acceptors (Lipinski definition) is 6. The van der Waals surface area contributed by atoms with Gasteiger partial charge in [-0.05, 0) is 18.2 Å². The number of benzene rings is 1. The topological polar surface area (TPSA) is 78.9 Å². The summed E-state index contributed by atoms with van der Waals surface area (Å²) in [6, 6.07) is 4.41. The highest BCUT2D eigenvalue weighted by Crippen LogP contribution is 2.32. The van der Waals surface area contributed by atoms with Gasteiger partial charge in [-0.25, -0.2) is 0 Å². The van der Waals surface area contributed by atoms with E-state index in [1.165, 1.54) is 45.0 Å². The first-order valence-corrected chi connectivity index (χ1v) is 6.14. The molecule has 0 bridgehead atoms. The summed E-state index contributed by atoms with van der Waals surface area (Å²) >= 11 is 0. The zero-order valence-corrected chi connectivity index (χ0v) is 12.0. The van der Waals surface area contributed by atoms with Crippen LogP contribution < -0.4 is 9.47 Å². The maximum atomic E-state index is 11.2. The molecule has 1 rings (SSSR count). The predicted molar refractivity (Wildman–Crippen MR) is 73.8 cm³/mol. The van der Waals surface area contributed by atoms with Gasteiger partial charge in [0.15, 0.2) is 0 Å². The quantitative estimate of drug-likeness (QED) is 0.471. The van der Waals surface area contributed by atoms with E-state index in [-0.39, 0.29) is 11.5 Å². The van der Waals surface area contributed by atoms with E-state index in [1.807, 2.05) is 0 Å². The number of hydrogen-bond donors (Lipinski definition) is 0. The number of carbonyl (C=O) groups is 3. The van der Waals surface area contributed by atoms with Crippen LogP contribution in [0.2, 0.25) is 0 Å². The fraction of sp³-hybridized carbons (Fsp3) is 0.267. The minimum Gasteiger partial charge on any atom is -0.453 e. The van der Waals surface area contributed by atoms with Crippen LogP contribution in [0.1, 0.15) is 32.4 Å². The van der Waals surface area contributed by atoms with Gasteiger partial charge in [-0.1, -0.05) is 6.58 Å². The Labute approximate surface area is 122 Å². The molecule has 0 aromatic heterocycles. The summed E-state index contributed by atoms with van der Waals surface area (Å²) in [4.78, 5) is 33.2. The van der Waals surface area contributed by atoms with Gasteiger partial charge in [0.2, 0.25) is 0 Å². The van der Waals surface area contributed by atoms with E-state index in [1.54, 1.807) is 0 Å². The largest absolute Gasteiger partial charge is 0.453 e. The monoisotopic (exact) mass is 292 g/mol. The minimum absolute atomic E-state index is 0.132. The Balaban J connectivity index is 3.21. The Morgan fingerprint density at radius 1 is 1.05 bits per heavy atom. The number of rotatable bonds is 5. The van der Waals surface area contributed by atoms with E-state index >= 15 is 0 Å². The van der Waals surface area contributed by atoms with Gasteiger partial charge in [0, 0.05) is 32.4 Å². The number of ether oxygens (including phenoxy) is 3. The molecule has 1 aromatic rings. The van der Waals surface area contributed by atoms with Crippen molar-refractivity contribution >= 4 is 17.9 Å². The van der Waals surface area contributed by atoms with Gasteiger partial charge in [-0.3, -0.25) is 14.4 Å². The summed E-state index contributed by atoms with van der Waals surface area (Å²) in [5.74, 6) is -1.21. The molecule has 0 aliphatic rings. The molecule has 0 aliphatic carbocycles. The number of esters is 3. The molecule has 1 atom stereocenters. The molecule has 0 heterocycles. The van der Waals surface area contributed by atoms with Crippen molar-refractivity contribution in [1.82, 2.24) is 0 Å². The van der Waals surface area contributed by atoms with Gasteiger partial charge in [0.25, 0.3) is 0 Å². The molecule has 0 saturated carbocycles. The molecule has 0 saturated heterocycles. The van der Waals surface area contributed by atoms with E-state index in [9.17, 15) is 14.4 Å². The molecule has 1 aromatic carbocycles. The van der Waals surface area contributed by atoms with E-state index in [0.29, 0.717) is 5.56 Å². The summed E-state index contributed by atoms with van der Waals surface area (Å²) in [6.07, 6.45) is 0.623. The van der Waals surface area contributed by atoms with Crippen molar-refractivity contribution in [1.29, 1.82) is 0 Å². The highest BCUT2D eigenvalue weighted by Gasteiger charge is 2.18. The predicted octanol–water partition coefficient (Wildman–Crippen LogP) is 2.33. The zero-order chi connectivity index (χ0) is 16.0. The Bertz CT molecular complexity index is 576. The van der Waals surface area contributed by atoms with Crippen molar-refractivity contribution in [3.8, 4) is 11.5 Å². The van der Waals surface area contributed by atoms with E-state index in [4.69, 9.17) is 14.2 Å². The molecular formula is C15H16O6. The Hall–Kier alpha value is -2.63. The van der Waals surface area contributed by atoms with Crippen molar-refractivity contribution in [2.45, 2.75) is 26.9 Å². The van der Waals surface area contributed by atoms with E-state index in [2.05, 4.69) is 6.58 Å². The van der Waals surface area contributed by atoms with Crippen LogP contribution in [0.25, 0.3) is 0 Å². The third kappa shape index (κ3) is 5.10. The van der Waals surface area contributed by atoms with Crippen LogP contribution in [0.3, 0.4) is 0 Å². The first-order chi connectivity index (χ1) is 9.83. The van der Waals surface area contributed by atoms with E-state index < -0.39 is 24.0 Å². The zero-order valence-electron chi connectivity index (χ0n) is 12.0. The van der Waals surface area contributed by atoms with Gasteiger partial charge >= 0.3 is 17.9 Å². The van der Waals surface area contributed by atoms with Crippen LogP contribution in [0.15, 0.2) is 30.9 Å². The second-order valence-electron chi connectivity index (χ2n) is 4.15. The molecule has 21 heavy (non-hydrogen) atoms. The number of carbonyl (C=O) groups excluding carboxylic acids is 3. The second kappa shape index (κ2) is 7.23. The second-order valence-corrected chi connectivity index (χ2v) is 4.15. The first kappa shape index (κ1) is 16.4. The normalized spacial score (nSPS) is 11.2. The van der Waals surface area contributed by atoms with Gasteiger partial charge in [0.1, 0.15) is 17.6 Å². The molecule has 6 heteroatoms. The summed E-state index contributed by atoms with van der Waals surface area (Å²) in [6.45, 7) is 7.33. The maximum Gasteiger partial charge on any atom is 0.308 e. The molecule has 0 fully saturated rings. The molecule has 0 amide bonds. The molecule has 0 radical (unpaired) electrons. The summed E-state index contributed by atoms with van der Waals surface area (Å²) in [7, 11) is 0. The van der Waals surface area contributed by atoms with Crippen LogP contribution in [-0.4, -0.2) is 17.9 Å². The lowest BCUT2D eigenvalue weighted by molar-refractivity contribution is -0.144. The van der Waals surface area contributed by atoms with Crippen molar-refractivity contribution < 1.29 is 28.6 Å². The molecular weight excluding hydrogens is 276 g/mol. The summed E-state index contributed by atoms with van der Waals surface area (Å²) in [5.41, 5.74) is 0.423. The maximum absolute atomic E-state index is 11.2. The highest BCUT2D eigenvalue weighted by atomic mass is 16.6. The lowest BCUT2D eigenvalue weighted by Gasteiger charge is -2.17. The van der Waals surface area contributed by atoms with Crippen molar-refractivity contribution in [2.75, 3.05) is 0 Å². The lowest BCUT2D eigenvalue weighted by Crippen LogP contribution is -2.11. The highest BCUT2D eigenvalue weighted by molar-refractivity contribution is 5.72. The molecule has 0 unspecified atom stereocenters. The van der Waals surface area contributed by atoms with Gasteiger partial charge < -0.3 is 14.2 Å².